The number of anilines is 1. The Kier molecular flexibility index (Phi) is 5.96. The predicted molar refractivity (Wildman–Crippen MR) is 98.0 cm³/mol. The first kappa shape index (κ1) is 19.9. The van der Waals surface area contributed by atoms with Crippen molar-refractivity contribution in [2.45, 2.75) is 31.9 Å². The largest absolute Gasteiger partial charge is 0.418 e. The fraction of sp³-hybridized carbons (Fsp3) is 0.350. The summed E-state index contributed by atoms with van der Waals surface area (Å²) in [5.74, 6) is -1.00. The van der Waals surface area contributed by atoms with Crippen LogP contribution in [0.15, 0.2) is 42.6 Å². The van der Waals surface area contributed by atoms with Crippen molar-refractivity contribution >= 4 is 17.5 Å². The highest BCUT2D eigenvalue weighted by molar-refractivity contribution is 6.05. The van der Waals surface area contributed by atoms with Crippen molar-refractivity contribution in [1.29, 1.82) is 0 Å². The third-order valence-electron chi connectivity index (χ3n) is 4.61. The summed E-state index contributed by atoms with van der Waals surface area (Å²) in [7, 11) is 0. The molecule has 1 aliphatic heterocycles. The van der Waals surface area contributed by atoms with Gasteiger partial charge in [0.05, 0.1) is 11.3 Å². The predicted octanol–water partition coefficient (Wildman–Crippen LogP) is 4.37. The molecule has 28 heavy (non-hydrogen) atoms. The molecule has 5 nitrogen and oxygen atoms in total. The molecular weight excluding hydrogens is 371 g/mol. The molecule has 148 valence electrons. The molecule has 0 saturated carbocycles. The van der Waals surface area contributed by atoms with Gasteiger partial charge in [-0.1, -0.05) is 25.0 Å². The number of benzene rings is 1. The van der Waals surface area contributed by atoms with Gasteiger partial charge in [0.1, 0.15) is 5.69 Å². The quantitative estimate of drug-likeness (QED) is 0.845. The molecule has 2 amide bonds. The lowest BCUT2D eigenvalue weighted by Crippen LogP contribution is -2.32. The number of hydrogen-bond acceptors (Lipinski definition) is 3. The van der Waals surface area contributed by atoms with Crippen LogP contribution in [0.4, 0.5) is 18.9 Å². The topological polar surface area (TPSA) is 62.3 Å². The minimum Gasteiger partial charge on any atom is -0.339 e. The van der Waals surface area contributed by atoms with Gasteiger partial charge >= 0.3 is 6.18 Å². The molecule has 0 bridgehead atoms. The number of carbonyl (C=O) groups is 2. The van der Waals surface area contributed by atoms with E-state index in [0.717, 1.165) is 31.7 Å². The second-order valence-corrected chi connectivity index (χ2v) is 6.63. The molecular formula is C20H20F3N3O2. The molecule has 2 aromatic rings. The minimum atomic E-state index is -4.60. The maximum atomic E-state index is 13.1. The summed E-state index contributed by atoms with van der Waals surface area (Å²) in [5.41, 5.74) is -1.12. The van der Waals surface area contributed by atoms with Gasteiger partial charge in [-0.15, -0.1) is 0 Å². The first-order valence-electron chi connectivity index (χ1n) is 9.09. The van der Waals surface area contributed by atoms with Crippen LogP contribution in [-0.4, -0.2) is 34.8 Å². The number of para-hydroxylation sites is 1. The zero-order valence-electron chi connectivity index (χ0n) is 15.1. The average Bonchev–Trinajstić information content (AvgIpc) is 2.96. The van der Waals surface area contributed by atoms with Gasteiger partial charge in [0.25, 0.3) is 11.8 Å². The zero-order chi connectivity index (χ0) is 20.1. The van der Waals surface area contributed by atoms with Gasteiger partial charge in [0.15, 0.2) is 0 Å². The molecule has 1 N–H and O–H groups in total. The van der Waals surface area contributed by atoms with E-state index in [0.29, 0.717) is 18.7 Å². The Labute approximate surface area is 160 Å². The van der Waals surface area contributed by atoms with E-state index in [9.17, 15) is 22.8 Å². The lowest BCUT2D eigenvalue weighted by Gasteiger charge is -2.20. The van der Waals surface area contributed by atoms with Gasteiger partial charge in [-0.2, -0.15) is 13.2 Å². The van der Waals surface area contributed by atoms with Crippen molar-refractivity contribution in [1.82, 2.24) is 9.88 Å². The molecule has 1 saturated heterocycles. The highest BCUT2D eigenvalue weighted by Crippen LogP contribution is 2.34. The maximum absolute atomic E-state index is 13.1. The second kappa shape index (κ2) is 8.41. The number of halogens is 3. The van der Waals surface area contributed by atoms with Crippen LogP contribution in [0.5, 0.6) is 0 Å². The van der Waals surface area contributed by atoms with Crippen LogP contribution in [0.3, 0.4) is 0 Å². The normalized spacial score (nSPS) is 15.0. The summed E-state index contributed by atoms with van der Waals surface area (Å²) in [6.45, 7) is 1.31. The standard InChI is InChI=1S/C20H20F3N3O2/c21-20(22,23)15-7-3-4-8-16(15)25-18(27)17-13-14(9-10-24-17)19(28)26-11-5-1-2-6-12-26/h3-4,7-10,13H,1-2,5-6,11-12H2,(H,25,27). The summed E-state index contributed by atoms with van der Waals surface area (Å²) in [4.78, 5) is 30.8. The van der Waals surface area contributed by atoms with Crippen molar-refractivity contribution < 1.29 is 22.8 Å². The number of amides is 2. The minimum absolute atomic E-state index is 0.113. The van der Waals surface area contributed by atoms with Crippen LogP contribution in [0.2, 0.25) is 0 Å². The molecule has 2 heterocycles. The Morgan fingerprint density at radius 3 is 2.36 bits per heavy atom. The average molecular weight is 391 g/mol. The molecule has 0 unspecified atom stereocenters. The van der Waals surface area contributed by atoms with Crippen LogP contribution >= 0.6 is 0 Å². The SMILES string of the molecule is O=C(Nc1ccccc1C(F)(F)F)c1cc(C(=O)N2CCCCCC2)ccn1. The Bertz CT molecular complexity index is 860. The van der Waals surface area contributed by atoms with E-state index in [2.05, 4.69) is 10.3 Å². The van der Waals surface area contributed by atoms with Crippen LogP contribution in [0, 0.1) is 0 Å². The first-order chi connectivity index (χ1) is 13.4. The summed E-state index contributed by atoms with van der Waals surface area (Å²) in [6.07, 6.45) is 0.729. The number of aromatic nitrogens is 1. The van der Waals surface area contributed by atoms with Gasteiger partial charge in [-0.25, -0.2) is 0 Å². The number of carbonyl (C=O) groups excluding carboxylic acids is 2. The maximum Gasteiger partial charge on any atom is 0.418 e. The Morgan fingerprint density at radius 2 is 1.68 bits per heavy atom. The lowest BCUT2D eigenvalue weighted by atomic mass is 10.1. The molecule has 3 rings (SSSR count). The number of rotatable bonds is 3. The smallest absolute Gasteiger partial charge is 0.339 e. The van der Waals surface area contributed by atoms with Crippen molar-refractivity contribution in [2.75, 3.05) is 18.4 Å². The molecule has 1 aromatic heterocycles. The van der Waals surface area contributed by atoms with E-state index in [4.69, 9.17) is 0 Å². The Balaban J connectivity index is 1.79. The van der Waals surface area contributed by atoms with Gasteiger partial charge in [-0.05, 0) is 37.1 Å². The van der Waals surface area contributed by atoms with Gasteiger partial charge in [0.2, 0.25) is 0 Å². The number of likely N-dealkylation sites (tertiary alicyclic amines) is 1. The van der Waals surface area contributed by atoms with E-state index in [-0.39, 0.29) is 17.3 Å². The molecule has 0 radical (unpaired) electrons. The molecule has 1 aliphatic rings. The highest BCUT2D eigenvalue weighted by Gasteiger charge is 2.33. The van der Waals surface area contributed by atoms with Crippen molar-refractivity contribution in [2.24, 2.45) is 0 Å². The zero-order valence-corrected chi connectivity index (χ0v) is 15.1. The molecule has 8 heteroatoms. The molecule has 1 fully saturated rings. The van der Waals surface area contributed by atoms with Crippen LogP contribution in [0.25, 0.3) is 0 Å². The third kappa shape index (κ3) is 4.68. The van der Waals surface area contributed by atoms with Crippen LogP contribution in [-0.2, 0) is 6.18 Å². The van der Waals surface area contributed by atoms with Crippen molar-refractivity contribution in [3.8, 4) is 0 Å². The number of pyridine rings is 1. The molecule has 0 aliphatic carbocycles. The van der Waals surface area contributed by atoms with E-state index in [1.165, 1.54) is 36.5 Å². The van der Waals surface area contributed by atoms with Crippen LogP contribution < -0.4 is 5.32 Å². The van der Waals surface area contributed by atoms with Crippen molar-refractivity contribution in [3.05, 3.63) is 59.4 Å². The summed E-state index contributed by atoms with van der Waals surface area (Å²) in [6, 6.07) is 7.54. The number of nitrogens with zero attached hydrogens (tertiary/aromatic N) is 2. The number of alkyl halides is 3. The number of hydrogen-bond donors (Lipinski definition) is 1. The Morgan fingerprint density at radius 1 is 1.00 bits per heavy atom. The van der Waals surface area contributed by atoms with Gasteiger partial charge < -0.3 is 10.2 Å². The van der Waals surface area contributed by atoms with E-state index in [1.54, 1.807) is 4.90 Å². The fourth-order valence-corrected chi connectivity index (χ4v) is 3.17. The van der Waals surface area contributed by atoms with Gasteiger partial charge in [0, 0.05) is 24.8 Å². The summed E-state index contributed by atoms with van der Waals surface area (Å²) < 4.78 is 39.3. The monoisotopic (exact) mass is 391 g/mol. The highest BCUT2D eigenvalue weighted by atomic mass is 19.4. The lowest BCUT2D eigenvalue weighted by molar-refractivity contribution is -0.136. The summed E-state index contributed by atoms with van der Waals surface area (Å²) >= 11 is 0. The number of nitrogens with one attached hydrogen (secondary N) is 1. The molecule has 1 aromatic carbocycles. The first-order valence-corrected chi connectivity index (χ1v) is 9.09. The third-order valence-corrected chi connectivity index (χ3v) is 4.61. The van der Waals surface area contributed by atoms with Crippen molar-refractivity contribution in [3.63, 3.8) is 0 Å². The summed E-state index contributed by atoms with van der Waals surface area (Å²) in [5, 5.41) is 2.24. The van der Waals surface area contributed by atoms with E-state index in [1.807, 2.05) is 0 Å². The van der Waals surface area contributed by atoms with Crippen LogP contribution in [0.1, 0.15) is 52.1 Å². The molecule has 0 atom stereocenters. The van der Waals surface area contributed by atoms with E-state index >= 15 is 0 Å². The molecule has 0 spiro atoms. The Hall–Kier alpha value is -2.90. The second-order valence-electron chi connectivity index (χ2n) is 6.63. The fourth-order valence-electron chi connectivity index (χ4n) is 3.17. The van der Waals surface area contributed by atoms with E-state index < -0.39 is 17.6 Å². The van der Waals surface area contributed by atoms with Gasteiger partial charge in [-0.3, -0.25) is 14.6 Å².